The van der Waals surface area contributed by atoms with Crippen molar-refractivity contribution in [1.29, 1.82) is 5.26 Å². The van der Waals surface area contributed by atoms with Crippen molar-refractivity contribution in [3.8, 4) is 17.3 Å². The minimum atomic E-state index is -0.246. The van der Waals surface area contributed by atoms with Crippen molar-refractivity contribution in [2.75, 3.05) is 0 Å². The summed E-state index contributed by atoms with van der Waals surface area (Å²) < 4.78 is 1.72. The molecule has 6 nitrogen and oxygen atoms in total. The van der Waals surface area contributed by atoms with Crippen LogP contribution in [-0.2, 0) is 6.54 Å². The first-order valence-corrected chi connectivity index (χ1v) is 8.52. The van der Waals surface area contributed by atoms with Gasteiger partial charge in [-0.1, -0.05) is 36.4 Å². The van der Waals surface area contributed by atoms with Gasteiger partial charge >= 0.3 is 0 Å². The van der Waals surface area contributed by atoms with Crippen LogP contribution in [0.2, 0.25) is 0 Å². The zero-order valence-corrected chi connectivity index (χ0v) is 14.1. The van der Waals surface area contributed by atoms with Crippen molar-refractivity contribution in [2.45, 2.75) is 13.0 Å². The van der Waals surface area contributed by atoms with E-state index in [1.54, 1.807) is 17.0 Å². The van der Waals surface area contributed by atoms with E-state index in [1.165, 1.54) is 11.3 Å². The average molecular weight is 349 g/mol. The Morgan fingerprint density at radius 2 is 2.16 bits per heavy atom. The summed E-state index contributed by atoms with van der Waals surface area (Å²) in [5.74, 6) is -0.246. The highest BCUT2D eigenvalue weighted by Crippen LogP contribution is 2.20. The zero-order chi connectivity index (χ0) is 17.5. The number of carbonyl (C=O) groups is 1. The molecule has 25 heavy (non-hydrogen) atoms. The van der Waals surface area contributed by atoms with Gasteiger partial charge in [-0.3, -0.25) is 9.48 Å². The predicted octanol–water partition coefficient (Wildman–Crippen LogP) is 3.29. The van der Waals surface area contributed by atoms with Gasteiger partial charge in [-0.05, 0) is 11.4 Å². The van der Waals surface area contributed by atoms with Crippen molar-refractivity contribution in [1.82, 2.24) is 15.2 Å². The number of nitriles is 1. The van der Waals surface area contributed by atoms with E-state index >= 15 is 0 Å². The minimum absolute atomic E-state index is 0.246. The van der Waals surface area contributed by atoms with Crippen molar-refractivity contribution >= 4 is 23.5 Å². The highest BCUT2D eigenvalue weighted by Gasteiger charge is 2.10. The molecule has 7 heteroatoms. The number of nitrogens with zero attached hydrogens (tertiary/aromatic N) is 4. The normalized spacial score (nSPS) is 10.7. The van der Waals surface area contributed by atoms with Crippen LogP contribution in [0.15, 0.2) is 59.1 Å². The molecule has 3 aromatic rings. The van der Waals surface area contributed by atoms with Crippen molar-refractivity contribution in [3.63, 3.8) is 0 Å². The Bertz CT molecular complexity index is 907. The molecule has 0 bridgehead atoms. The lowest BCUT2D eigenvalue weighted by Gasteiger charge is -1.98. The van der Waals surface area contributed by atoms with Crippen LogP contribution in [0.3, 0.4) is 0 Å². The number of aryl methyl sites for hydroxylation is 1. The van der Waals surface area contributed by atoms with Gasteiger partial charge in [0, 0.05) is 17.3 Å². The molecular weight excluding hydrogens is 334 g/mol. The number of aromatic nitrogens is 2. The summed E-state index contributed by atoms with van der Waals surface area (Å²) in [7, 11) is 0. The Labute approximate surface area is 149 Å². The van der Waals surface area contributed by atoms with Crippen LogP contribution < -0.4 is 5.43 Å². The molecule has 0 fully saturated rings. The van der Waals surface area contributed by atoms with Crippen molar-refractivity contribution in [2.24, 2.45) is 5.10 Å². The first kappa shape index (κ1) is 16.6. The third kappa shape index (κ3) is 4.19. The van der Waals surface area contributed by atoms with Crippen LogP contribution in [0.1, 0.15) is 21.7 Å². The summed E-state index contributed by atoms with van der Waals surface area (Å²) in [5, 5.41) is 19.2. The Morgan fingerprint density at radius 1 is 1.32 bits per heavy atom. The summed E-state index contributed by atoms with van der Waals surface area (Å²) in [4.78, 5) is 12.5. The molecule has 0 aliphatic rings. The topological polar surface area (TPSA) is 83.1 Å². The standard InChI is InChI=1S/C18H15N5OS/c19-9-5-10-23-13-15(17(22-23)14-6-2-1-3-7-14)12-20-21-18(24)16-8-4-11-25-16/h1-4,6-8,11-13H,5,10H2,(H,21,24)/b20-12-. The van der Waals surface area contributed by atoms with Gasteiger partial charge in [0.1, 0.15) is 5.69 Å². The fourth-order valence-corrected chi connectivity index (χ4v) is 2.87. The molecule has 0 spiro atoms. The van der Waals surface area contributed by atoms with E-state index < -0.39 is 0 Å². The molecule has 1 amide bonds. The SMILES string of the molecule is N#CCCn1cc(/C=N\NC(=O)c2cccs2)c(-c2ccccc2)n1. The summed E-state index contributed by atoms with van der Waals surface area (Å²) in [6, 6.07) is 15.4. The van der Waals surface area contributed by atoms with Gasteiger partial charge < -0.3 is 0 Å². The fraction of sp³-hybridized carbons (Fsp3) is 0.111. The summed E-state index contributed by atoms with van der Waals surface area (Å²) in [6.45, 7) is 0.506. The molecule has 0 saturated carbocycles. The zero-order valence-electron chi connectivity index (χ0n) is 13.3. The molecule has 0 radical (unpaired) electrons. The lowest BCUT2D eigenvalue weighted by molar-refractivity contribution is 0.0959. The van der Waals surface area contributed by atoms with E-state index in [-0.39, 0.29) is 5.91 Å². The maximum Gasteiger partial charge on any atom is 0.281 e. The molecule has 2 heterocycles. The molecule has 1 aromatic carbocycles. The summed E-state index contributed by atoms with van der Waals surface area (Å²) in [6.07, 6.45) is 3.77. The Balaban J connectivity index is 1.81. The first-order chi connectivity index (χ1) is 12.3. The number of hydrogen-bond acceptors (Lipinski definition) is 5. The molecule has 2 aromatic heterocycles. The molecule has 0 saturated heterocycles. The average Bonchev–Trinajstić information content (AvgIpc) is 3.31. The Kier molecular flexibility index (Phi) is 5.34. The van der Waals surface area contributed by atoms with E-state index in [4.69, 9.17) is 5.26 Å². The highest BCUT2D eigenvalue weighted by molar-refractivity contribution is 7.12. The minimum Gasteiger partial charge on any atom is -0.270 e. The highest BCUT2D eigenvalue weighted by atomic mass is 32.1. The van der Waals surface area contributed by atoms with Gasteiger partial charge in [0.2, 0.25) is 0 Å². The molecule has 3 rings (SSSR count). The fourth-order valence-electron chi connectivity index (χ4n) is 2.25. The number of nitrogens with one attached hydrogen (secondary N) is 1. The van der Waals surface area contributed by atoms with Gasteiger partial charge in [-0.15, -0.1) is 11.3 Å². The van der Waals surface area contributed by atoms with Crippen LogP contribution in [0.4, 0.5) is 0 Å². The second-order valence-electron chi connectivity index (χ2n) is 5.15. The number of amides is 1. The number of benzene rings is 1. The first-order valence-electron chi connectivity index (χ1n) is 7.64. The lowest BCUT2D eigenvalue weighted by Crippen LogP contribution is -2.16. The Morgan fingerprint density at radius 3 is 2.88 bits per heavy atom. The number of hydrogen-bond donors (Lipinski definition) is 1. The molecular formula is C18H15N5OS. The van der Waals surface area contributed by atoms with E-state index in [9.17, 15) is 4.79 Å². The third-order valence-corrected chi connectivity index (χ3v) is 4.27. The second kappa shape index (κ2) is 8.04. The quantitative estimate of drug-likeness (QED) is 0.547. The van der Waals surface area contributed by atoms with Gasteiger partial charge in [0.15, 0.2) is 0 Å². The van der Waals surface area contributed by atoms with Crippen LogP contribution in [0.5, 0.6) is 0 Å². The monoisotopic (exact) mass is 349 g/mol. The number of carbonyl (C=O) groups excluding carboxylic acids is 1. The largest absolute Gasteiger partial charge is 0.281 e. The van der Waals surface area contributed by atoms with Crippen molar-refractivity contribution in [3.05, 3.63) is 64.5 Å². The molecule has 0 atom stereocenters. The van der Waals surface area contributed by atoms with E-state index in [0.717, 1.165) is 16.8 Å². The third-order valence-electron chi connectivity index (χ3n) is 3.40. The van der Waals surface area contributed by atoms with Crippen LogP contribution in [0, 0.1) is 11.3 Å². The van der Waals surface area contributed by atoms with Crippen LogP contribution >= 0.6 is 11.3 Å². The van der Waals surface area contributed by atoms with Crippen LogP contribution in [0.25, 0.3) is 11.3 Å². The van der Waals surface area contributed by atoms with Crippen molar-refractivity contribution < 1.29 is 4.79 Å². The van der Waals surface area contributed by atoms with E-state index in [0.29, 0.717) is 17.8 Å². The van der Waals surface area contributed by atoms with Gasteiger partial charge in [-0.2, -0.15) is 15.5 Å². The summed E-state index contributed by atoms with van der Waals surface area (Å²) >= 11 is 1.36. The van der Waals surface area contributed by atoms with Gasteiger partial charge in [0.05, 0.1) is 30.1 Å². The predicted molar refractivity (Wildman–Crippen MR) is 97.3 cm³/mol. The Hall–Kier alpha value is -3.24. The van der Waals surface area contributed by atoms with Crippen LogP contribution in [-0.4, -0.2) is 21.9 Å². The van der Waals surface area contributed by atoms with E-state index in [2.05, 4.69) is 21.7 Å². The van der Waals surface area contributed by atoms with E-state index in [1.807, 2.05) is 48.0 Å². The second-order valence-corrected chi connectivity index (χ2v) is 6.09. The number of thiophene rings is 1. The number of hydrazone groups is 1. The molecule has 0 aliphatic heterocycles. The van der Waals surface area contributed by atoms with Gasteiger partial charge in [0.25, 0.3) is 5.91 Å². The smallest absolute Gasteiger partial charge is 0.270 e. The maximum absolute atomic E-state index is 11.9. The maximum atomic E-state index is 11.9. The summed E-state index contributed by atoms with van der Waals surface area (Å²) in [5.41, 5.74) is 5.00. The number of rotatable bonds is 6. The molecule has 1 N–H and O–H groups in total. The lowest BCUT2D eigenvalue weighted by atomic mass is 10.1. The molecule has 0 unspecified atom stereocenters. The van der Waals surface area contributed by atoms with Gasteiger partial charge in [-0.25, -0.2) is 5.43 Å². The molecule has 124 valence electrons. The molecule has 0 aliphatic carbocycles.